The van der Waals surface area contributed by atoms with Crippen LogP contribution in [-0.2, 0) is 11.3 Å². The van der Waals surface area contributed by atoms with Crippen molar-refractivity contribution in [2.45, 2.75) is 6.54 Å². The Bertz CT molecular complexity index is 1180. The summed E-state index contributed by atoms with van der Waals surface area (Å²) in [6, 6.07) is 12.5. The molecule has 0 unspecified atom stereocenters. The molecule has 6 nitrogen and oxygen atoms in total. The number of hydrogen-bond donors (Lipinski definition) is 0. The van der Waals surface area contributed by atoms with E-state index in [4.69, 9.17) is 0 Å². The summed E-state index contributed by atoms with van der Waals surface area (Å²) >= 11 is 6.59. The van der Waals surface area contributed by atoms with Crippen LogP contribution >= 0.6 is 39.0 Å². The SMILES string of the molecule is CSCCn1c(=NC(=O)CN2C(=O)c3ccccc3C2=O)sc2cc(Br)ccc21. The van der Waals surface area contributed by atoms with Gasteiger partial charge in [0.2, 0.25) is 0 Å². The fraction of sp³-hybridized carbons (Fsp3) is 0.200. The summed E-state index contributed by atoms with van der Waals surface area (Å²) in [5.74, 6) is -0.556. The number of carbonyl (C=O) groups is 3. The van der Waals surface area contributed by atoms with E-state index in [1.807, 2.05) is 29.0 Å². The van der Waals surface area contributed by atoms with Gasteiger partial charge in [-0.2, -0.15) is 16.8 Å². The van der Waals surface area contributed by atoms with Crippen molar-refractivity contribution in [1.82, 2.24) is 9.47 Å². The predicted molar refractivity (Wildman–Crippen MR) is 118 cm³/mol. The van der Waals surface area contributed by atoms with E-state index < -0.39 is 17.7 Å². The van der Waals surface area contributed by atoms with Gasteiger partial charge >= 0.3 is 0 Å². The van der Waals surface area contributed by atoms with Crippen molar-refractivity contribution in [3.05, 3.63) is 62.9 Å². The molecule has 2 heterocycles. The van der Waals surface area contributed by atoms with Crippen LogP contribution in [-0.4, -0.2) is 45.7 Å². The summed E-state index contributed by atoms with van der Waals surface area (Å²) in [6.45, 7) is 0.342. The molecule has 2 aromatic carbocycles. The van der Waals surface area contributed by atoms with Crippen LogP contribution in [0.5, 0.6) is 0 Å². The zero-order chi connectivity index (χ0) is 20.5. The minimum atomic E-state index is -0.525. The molecule has 3 amide bonds. The van der Waals surface area contributed by atoms with Crippen molar-refractivity contribution in [3.8, 4) is 0 Å². The number of thiazole rings is 1. The van der Waals surface area contributed by atoms with Gasteiger partial charge in [-0.3, -0.25) is 19.3 Å². The Morgan fingerprint density at radius 1 is 1.14 bits per heavy atom. The van der Waals surface area contributed by atoms with E-state index in [-0.39, 0.29) is 6.54 Å². The number of hydrogen-bond acceptors (Lipinski definition) is 5. The number of nitrogens with zero attached hydrogens (tertiary/aromatic N) is 3. The summed E-state index contributed by atoms with van der Waals surface area (Å²) in [7, 11) is 0. The topological polar surface area (TPSA) is 71.7 Å². The average molecular weight is 490 g/mol. The molecule has 0 saturated heterocycles. The predicted octanol–water partition coefficient (Wildman–Crippen LogP) is 3.55. The molecule has 0 bridgehead atoms. The van der Waals surface area contributed by atoms with Crippen LogP contribution < -0.4 is 4.80 Å². The van der Waals surface area contributed by atoms with E-state index >= 15 is 0 Å². The monoisotopic (exact) mass is 489 g/mol. The Labute approximate surface area is 183 Å². The highest BCUT2D eigenvalue weighted by atomic mass is 79.9. The van der Waals surface area contributed by atoms with E-state index in [1.54, 1.807) is 36.0 Å². The first-order chi connectivity index (χ1) is 14.0. The van der Waals surface area contributed by atoms with Gasteiger partial charge in [-0.05, 0) is 36.6 Å². The summed E-state index contributed by atoms with van der Waals surface area (Å²) in [5, 5.41) is 0. The molecular weight excluding hydrogens is 474 g/mol. The van der Waals surface area contributed by atoms with Crippen LogP contribution in [0.25, 0.3) is 10.2 Å². The Kier molecular flexibility index (Phi) is 5.71. The lowest BCUT2D eigenvalue weighted by Gasteiger charge is -2.10. The van der Waals surface area contributed by atoms with Gasteiger partial charge in [-0.1, -0.05) is 39.4 Å². The lowest BCUT2D eigenvalue weighted by atomic mass is 10.1. The molecule has 0 N–H and O–H groups in total. The molecule has 148 valence electrons. The normalized spacial score (nSPS) is 14.1. The van der Waals surface area contributed by atoms with Gasteiger partial charge in [0.1, 0.15) is 6.54 Å². The smallest absolute Gasteiger partial charge is 0.268 e. The number of thioether (sulfide) groups is 1. The zero-order valence-corrected chi connectivity index (χ0v) is 18.6. The van der Waals surface area contributed by atoms with Crippen molar-refractivity contribution in [2.75, 3.05) is 18.6 Å². The molecule has 0 spiro atoms. The molecular formula is C20H16BrN3O3S2. The maximum Gasteiger partial charge on any atom is 0.268 e. The second-order valence-electron chi connectivity index (χ2n) is 6.39. The summed E-state index contributed by atoms with van der Waals surface area (Å²) in [4.78, 5) is 43.4. The highest BCUT2D eigenvalue weighted by Gasteiger charge is 2.36. The maximum atomic E-state index is 12.6. The number of imide groups is 1. The highest BCUT2D eigenvalue weighted by Crippen LogP contribution is 2.23. The van der Waals surface area contributed by atoms with Gasteiger partial charge in [0.05, 0.1) is 21.3 Å². The van der Waals surface area contributed by atoms with Crippen LogP contribution in [0, 0.1) is 0 Å². The lowest BCUT2D eigenvalue weighted by molar-refractivity contribution is -0.118. The van der Waals surface area contributed by atoms with Gasteiger partial charge in [0.25, 0.3) is 17.7 Å². The molecule has 9 heteroatoms. The van der Waals surface area contributed by atoms with E-state index in [0.717, 1.165) is 25.3 Å². The molecule has 4 rings (SSSR count). The maximum absolute atomic E-state index is 12.6. The van der Waals surface area contributed by atoms with Crippen LogP contribution in [0.15, 0.2) is 51.9 Å². The fourth-order valence-electron chi connectivity index (χ4n) is 3.19. The molecule has 3 aromatic rings. The summed E-state index contributed by atoms with van der Waals surface area (Å²) in [5.41, 5.74) is 1.65. The van der Waals surface area contributed by atoms with E-state index in [9.17, 15) is 14.4 Å². The summed E-state index contributed by atoms with van der Waals surface area (Å²) in [6.07, 6.45) is 2.02. The fourth-order valence-corrected chi connectivity index (χ4v) is 5.18. The quantitative estimate of drug-likeness (QED) is 0.513. The summed E-state index contributed by atoms with van der Waals surface area (Å²) < 4.78 is 3.96. The van der Waals surface area contributed by atoms with E-state index in [1.165, 1.54) is 11.3 Å². The number of halogens is 1. The van der Waals surface area contributed by atoms with Gasteiger partial charge in [0, 0.05) is 16.8 Å². The van der Waals surface area contributed by atoms with Crippen LogP contribution in [0.4, 0.5) is 0 Å². The number of carbonyl (C=O) groups excluding carboxylic acids is 3. The van der Waals surface area contributed by atoms with Crippen molar-refractivity contribution in [3.63, 3.8) is 0 Å². The standard InChI is InChI=1S/C20H16BrN3O3S2/c1-28-9-8-23-15-7-6-12(21)10-16(15)29-20(23)22-17(25)11-24-18(26)13-4-2-3-5-14(13)19(24)27/h2-7,10H,8-9,11H2,1H3. The largest absolute Gasteiger partial charge is 0.316 e. The first-order valence-corrected chi connectivity index (χ1v) is 11.8. The molecule has 29 heavy (non-hydrogen) atoms. The van der Waals surface area contributed by atoms with Crippen molar-refractivity contribution in [2.24, 2.45) is 4.99 Å². The number of amides is 3. The minimum Gasteiger partial charge on any atom is -0.316 e. The lowest BCUT2D eigenvalue weighted by Crippen LogP contribution is -2.35. The van der Waals surface area contributed by atoms with Crippen molar-refractivity contribution < 1.29 is 14.4 Å². The van der Waals surface area contributed by atoms with Crippen LogP contribution in [0.1, 0.15) is 20.7 Å². The molecule has 0 saturated carbocycles. The highest BCUT2D eigenvalue weighted by molar-refractivity contribution is 9.10. The number of rotatable bonds is 5. The molecule has 0 aliphatic carbocycles. The Balaban J connectivity index is 1.66. The minimum absolute atomic E-state index is 0.326. The number of fused-ring (bicyclic) bond motifs is 2. The van der Waals surface area contributed by atoms with Crippen LogP contribution in [0.3, 0.4) is 0 Å². The van der Waals surface area contributed by atoms with Gasteiger partial charge < -0.3 is 4.57 Å². The molecule has 0 radical (unpaired) electrons. The molecule has 1 aliphatic rings. The van der Waals surface area contributed by atoms with Crippen molar-refractivity contribution >= 4 is 67.0 Å². The first-order valence-electron chi connectivity index (χ1n) is 8.80. The Hall–Kier alpha value is -2.23. The molecule has 0 atom stereocenters. The third-order valence-electron chi connectivity index (χ3n) is 4.56. The van der Waals surface area contributed by atoms with Gasteiger partial charge in [0.15, 0.2) is 4.80 Å². The number of benzene rings is 2. The molecule has 1 aromatic heterocycles. The van der Waals surface area contributed by atoms with E-state index in [2.05, 4.69) is 20.9 Å². The zero-order valence-electron chi connectivity index (χ0n) is 15.4. The molecule has 0 fully saturated rings. The van der Waals surface area contributed by atoms with Crippen molar-refractivity contribution in [1.29, 1.82) is 0 Å². The second-order valence-corrected chi connectivity index (χ2v) is 9.30. The third kappa shape index (κ3) is 3.82. The van der Waals surface area contributed by atoms with E-state index in [0.29, 0.717) is 22.5 Å². The van der Waals surface area contributed by atoms with Crippen LogP contribution in [0.2, 0.25) is 0 Å². The average Bonchev–Trinajstić information content (AvgIpc) is 3.16. The Morgan fingerprint density at radius 3 is 2.48 bits per heavy atom. The molecule has 1 aliphatic heterocycles. The van der Waals surface area contributed by atoms with Gasteiger partial charge in [-0.25, -0.2) is 0 Å². The second kappa shape index (κ2) is 8.25. The Morgan fingerprint density at radius 2 is 1.83 bits per heavy atom. The number of aryl methyl sites for hydroxylation is 1. The van der Waals surface area contributed by atoms with Gasteiger partial charge in [-0.15, -0.1) is 0 Å². The first kappa shape index (κ1) is 20.1. The third-order valence-corrected chi connectivity index (χ3v) is 6.68. The number of aromatic nitrogens is 1.